The molecule has 1 aromatic carbocycles. The number of hydrogen-bond acceptors (Lipinski definition) is 5. The summed E-state index contributed by atoms with van der Waals surface area (Å²) in [6.45, 7) is 0. The predicted octanol–water partition coefficient (Wildman–Crippen LogP) is 4.11. The third-order valence-electron chi connectivity index (χ3n) is 4.82. The second-order valence-corrected chi connectivity index (χ2v) is 6.88. The summed E-state index contributed by atoms with van der Waals surface area (Å²) in [4.78, 5) is 19.9. The number of hydrogen-bond donors (Lipinski definition) is 2. The fraction of sp³-hybridized carbons (Fsp3) is 0.143. The molecule has 4 aromatic rings. The van der Waals surface area contributed by atoms with E-state index < -0.39 is 5.97 Å². The lowest BCUT2D eigenvalue weighted by molar-refractivity contribution is 0.0697. The lowest BCUT2D eigenvalue weighted by atomic mass is 10.2. The van der Waals surface area contributed by atoms with Crippen LogP contribution < -0.4 is 5.32 Å². The first kappa shape index (κ1) is 16.4. The van der Waals surface area contributed by atoms with Crippen molar-refractivity contribution in [3.8, 4) is 11.3 Å². The molecule has 0 spiro atoms. The zero-order valence-electron chi connectivity index (χ0n) is 14.9. The molecule has 0 radical (unpaired) electrons. The molecule has 0 bridgehead atoms. The van der Waals surface area contributed by atoms with Gasteiger partial charge in [-0.25, -0.2) is 9.78 Å². The Morgan fingerprint density at radius 2 is 1.82 bits per heavy atom. The second-order valence-electron chi connectivity index (χ2n) is 6.88. The quantitative estimate of drug-likeness (QED) is 0.548. The first-order valence-electron chi connectivity index (χ1n) is 9.09. The molecule has 7 heteroatoms. The molecule has 3 heterocycles. The molecular formula is C21H17N5O2. The number of nitrogens with one attached hydrogen (secondary N) is 1. The van der Waals surface area contributed by atoms with Crippen LogP contribution in [0.1, 0.15) is 34.8 Å². The number of carbonyl (C=O) groups is 1. The highest BCUT2D eigenvalue weighted by molar-refractivity contribution is 5.88. The molecule has 1 aliphatic rings. The van der Waals surface area contributed by atoms with Crippen molar-refractivity contribution in [2.45, 2.75) is 18.8 Å². The first-order valence-corrected chi connectivity index (χ1v) is 9.09. The van der Waals surface area contributed by atoms with Crippen LogP contribution >= 0.6 is 0 Å². The molecule has 1 aliphatic carbocycles. The van der Waals surface area contributed by atoms with Gasteiger partial charge in [0.2, 0.25) is 0 Å². The number of nitrogens with zero attached hydrogens (tertiary/aromatic N) is 4. The van der Waals surface area contributed by atoms with Gasteiger partial charge in [0.25, 0.3) is 0 Å². The summed E-state index contributed by atoms with van der Waals surface area (Å²) in [7, 11) is 0. The van der Waals surface area contributed by atoms with Crippen LogP contribution in [0.15, 0.2) is 60.9 Å². The Labute approximate surface area is 160 Å². The van der Waals surface area contributed by atoms with Crippen LogP contribution in [0.25, 0.3) is 16.9 Å². The molecule has 1 saturated carbocycles. The topological polar surface area (TPSA) is 92.4 Å². The summed E-state index contributed by atoms with van der Waals surface area (Å²) in [5, 5.41) is 17.2. The standard InChI is InChI=1S/C21H17N5O2/c27-21(28)15-3-5-16(6-4-15)23-19-11-17(14-7-9-22-10-8-14)24-20-12-18(13-1-2-13)25-26(19)20/h3-13,23H,1-2H2,(H,27,28). The van der Waals surface area contributed by atoms with Crippen LogP contribution in [-0.2, 0) is 0 Å². The number of benzene rings is 1. The van der Waals surface area contributed by atoms with Crippen LogP contribution in [0.5, 0.6) is 0 Å². The van der Waals surface area contributed by atoms with Crippen molar-refractivity contribution in [1.82, 2.24) is 19.6 Å². The fourth-order valence-electron chi connectivity index (χ4n) is 3.17. The van der Waals surface area contributed by atoms with E-state index in [1.165, 1.54) is 12.8 Å². The van der Waals surface area contributed by atoms with Gasteiger partial charge < -0.3 is 10.4 Å². The van der Waals surface area contributed by atoms with Crippen LogP contribution in [0.2, 0.25) is 0 Å². The summed E-state index contributed by atoms with van der Waals surface area (Å²) in [6, 6.07) is 14.5. The second kappa shape index (κ2) is 6.45. The van der Waals surface area contributed by atoms with Gasteiger partial charge in [-0.1, -0.05) is 0 Å². The molecule has 5 rings (SSSR count). The average molecular weight is 371 g/mol. The Kier molecular flexibility index (Phi) is 3.79. The van der Waals surface area contributed by atoms with Crippen molar-refractivity contribution in [1.29, 1.82) is 0 Å². The van der Waals surface area contributed by atoms with Crippen molar-refractivity contribution in [3.63, 3.8) is 0 Å². The Bertz CT molecular complexity index is 1160. The number of carboxylic acid groups (broad SMARTS) is 1. The van der Waals surface area contributed by atoms with E-state index in [4.69, 9.17) is 15.2 Å². The summed E-state index contributed by atoms with van der Waals surface area (Å²) in [5.41, 5.74) is 4.65. The lowest BCUT2D eigenvalue weighted by Crippen LogP contribution is -2.03. The normalized spacial score (nSPS) is 13.6. The van der Waals surface area contributed by atoms with E-state index in [0.717, 1.165) is 34.1 Å². The van der Waals surface area contributed by atoms with Crippen molar-refractivity contribution in [2.24, 2.45) is 0 Å². The van der Waals surface area contributed by atoms with Gasteiger partial charge in [0.15, 0.2) is 5.65 Å². The van der Waals surface area contributed by atoms with Gasteiger partial charge in [-0.3, -0.25) is 4.98 Å². The van der Waals surface area contributed by atoms with Gasteiger partial charge in [0.1, 0.15) is 5.82 Å². The number of aromatic carboxylic acids is 1. The maximum Gasteiger partial charge on any atom is 0.335 e. The van der Waals surface area contributed by atoms with Crippen molar-refractivity contribution < 1.29 is 9.90 Å². The van der Waals surface area contributed by atoms with Gasteiger partial charge >= 0.3 is 5.97 Å². The van der Waals surface area contributed by atoms with Crippen LogP contribution in [0.4, 0.5) is 11.5 Å². The summed E-state index contributed by atoms with van der Waals surface area (Å²) >= 11 is 0. The van der Waals surface area contributed by atoms with Gasteiger partial charge in [-0.15, -0.1) is 0 Å². The monoisotopic (exact) mass is 371 g/mol. The zero-order valence-corrected chi connectivity index (χ0v) is 14.9. The minimum Gasteiger partial charge on any atom is -0.478 e. The molecule has 3 aromatic heterocycles. The van der Waals surface area contributed by atoms with Crippen molar-refractivity contribution in [2.75, 3.05) is 5.32 Å². The first-order chi connectivity index (χ1) is 13.7. The van der Waals surface area contributed by atoms with Crippen LogP contribution in [0, 0.1) is 0 Å². The highest BCUT2D eigenvalue weighted by Crippen LogP contribution is 2.40. The number of carboxylic acids is 1. The highest BCUT2D eigenvalue weighted by atomic mass is 16.4. The van der Waals surface area contributed by atoms with Crippen LogP contribution in [0.3, 0.4) is 0 Å². The minimum atomic E-state index is -0.945. The average Bonchev–Trinajstić information content (AvgIpc) is 3.48. The lowest BCUT2D eigenvalue weighted by Gasteiger charge is -2.11. The summed E-state index contributed by atoms with van der Waals surface area (Å²) in [5.74, 6) is 0.347. The van der Waals surface area contributed by atoms with Gasteiger partial charge in [0.05, 0.1) is 17.0 Å². The van der Waals surface area contributed by atoms with Gasteiger partial charge in [0, 0.05) is 41.7 Å². The van der Waals surface area contributed by atoms with E-state index in [9.17, 15) is 4.79 Å². The molecule has 1 fully saturated rings. The number of rotatable bonds is 5. The van der Waals surface area contributed by atoms with Crippen molar-refractivity contribution in [3.05, 3.63) is 72.2 Å². The van der Waals surface area contributed by atoms with Gasteiger partial charge in [-0.2, -0.15) is 9.61 Å². The van der Waals surface area contributed by atoms with Gasteiger partial charge in [-0.05, 0) is 49.2 Å². The molecule has 28 heavy (non-hydrogen) atoms. The number of pyridine rings is 1. The molecule has 7 nitrogen and oxygen atoms in total. The van der Waals surface area contributed by atoms with E-state index in [2.05, 4.69) is 10.3 Å². The summed E-state index contributed by atoms with van der Waals surface area (Å²) < 4.78 is 1.81. The largest absolute Gasteiger partial charge is 0.478 e. The van der Waals surface area contributed by atoms with E-state index in [1.54, 1.807) is 36.7 Å². The van der Waals surface area contributed by atoms with E-state index in [-0.39, 0.29) is 5.56 Å². The molecule has 138 valence electrons. The van der Waals surface area contributed by atoms with E-state index in [1.807, 2.05) is 28.8 Å². The predicted molar refractivity (Wildman–Crippen MR) is 105 cm³/mol. The molecule has 2 N–H and O–H groups in total. The fourth-order valence-corrected chi connectivity index (χ4v) is 3.17. The smallest absolute Gasteiger partial charge is 0.335 e. The molecule has 0 unspecified atom stereocenters. The molecule has 0 atom stereocenters. The minimum absolute atomic E-state index is 0.248. The zero-order chi connectivity index (χ0) is 19.1. The third kappa shape index (κ3) is 3.07. The number of aromatic nitrogens is 4. The Morgan fingerprint density at radius 1 is 1.07 bits per heavy atom. The summed E-state index contributed by atoms with van der Waals surface area (Å²) in [6.07, 6.45) is 5.82. The molecule has 0 amide bonds. The SMILES string of the molecule is O=C(O)c1ccc(Nc2cc(-c3ccncc3)nc3cc(C4CC4)nn23)cc1. The Morgan fingerprint density at radius 3 is 2.50 bits per heavy atom. The van der Waals surface area contributed by atoms with Crippen molar-refractivity contribution >= 4 is 23.1 Å². The number of anilines is 2. The molecule has 0 aliphatic heterocycles. The number of fused-ring (bicyclic) bond motifs is 1. The van der Waals surface area contributed by atoms with Crippen LogP contribution in [-0.4, -0.2) is 30.7 Å². The highest BCUT2D eigenvalue weighted by Gasteiger charge is 2.27. The van der Waals surface area contributed by atoms with E-state index >= 15 is 0 Å². The Hall–Kier alpha value is -3.74. The maximum atomic E-state index is 11.1. The maximum absolute atomic E-state index is 11.1. The third-order valence-corrected chi connectivity index (χ3v) is 4.82. The Balaban J connectivity index is 1.59. The molecule has 0 saturated heterocycles. The molecular weight excluding hydrogens is 354 g/mol. The van der Waals surface area contributed by atoms with E-state index in [0.29, 0.717) is 5.92 Å².